The number of aryl methyl sites for hydroxylation is 1. The Hall–Kier alpha value is -2.69. The molecule has 2 aromatic heterocycles. The number of methoxy groups -OCH3 is 2. The fraction of sp³-hybridized carbons (Fsp3) is 0.542. The van der Waals surface area contributed by atoms with E-state index in [1.807, 2.05) is 29.8 Å². The number of thiazole rings is 1. The molecule has 0 spiro atoms. The average molecular weight is 488 g/mol. The van der Waals surface area contributed by atoms with Gasteiger partial charge in [-0.15, -0.1) is 0 Å². The molecule has 1 aliphatic heterocycles. The molecule has 1 aromatic carbocycles. The normalized spacial score (nSPS) is 14.6. The van der Waals surface area contributed by atoms with Crippen LogP contribution in [0.5, 0.6) is 11.5 Å². The number of amides is 1. The molecule has 184 valence electrons. The minimum atomic E-state index is -0.151. The van der Waals surface area contributed by atoms with Gasteiger partial charge in [-0.05, 0) is 45.4 Å². The predicted octanol–water partition coefficient (Wildman–Crippen LogP) is 3.77. The molecule has 10 heteroatoms. The summed E-state index contributed by atoms with van der Waals surface area (Å²) in [7, 11) is 3.25. The maximum atomic E-state index is 13.7. The Balaban J connectivity index is 1.66. The summed E-state index contributed by atoms with van der Waals surface area (Å²) in [5.74, 6) is 1.21. The van der Waals surface area contributed by atoms with Crippen LogP contribution in [-0.4, -0.2) is 79.2 Å². The zero-order valence-corrected chi connectivity index (χ0v) is 21.4. The Kier molecular flexibility index (Phi) is 7.70. The van der Waals surface area contributed by atoms with Gasteiger partial charge < -0.3 is 14.2 Å². The number of fused-ring (bicyclic) bond motifs is 1. The van der Waals surface area contributed by atoms with E-state index in [-0.39, 0.29) is 11.9 Å². The first-order chi connectivity index (χ1) is 16.4. The zero-order valence-electron chi connectivity index (χ0n) is 20.5. The van der Waals surface area contributed by atoms with Crippen molar-refractivity contribution in [2.75, 3.05) is 58.5 Å². The van der Waals surface area contributed by atoms with Crippen molar-refractivity contribution in [3.05, 3.63) is 29.6 Å². The van der Waals surface area contributed by atoms with Crippen LogP contribution in [-0.2, 0) is 4.74 Å². The second-order valence-corrected chi connectivity index (χ2v) is 9.60. The molecule has 4 rings (SSSR count). The third-order valence-corrected chi connectivity index (χ3v) is 7.06. The number of carbonyl (C=O) groups is 1. The summed E-state index contributed by atoms with van der Waals surface area (Å²) in [5, 5.41) is 5.21. The van der Waals surface area contributed by atoms with Crippen molar-refractivity contribution < 1.29 is 19.0 Å². The highest BCUT2D eigenvalue weighted by Crippen LogP contribution is 2.40. The molecule has 0 atom stereocenters. The van der Waals surface area contributed by atoms with Crippen molar-refractivity contribution in [1.29, 1.82) is 0 Å². The number of aromatic nitrogens is 3. The first-order valence-corrected chi connectivity index (χ1v) is 12.4. The number of ether oxygens (including phenoxy) is 3. The Morgan fingerprint density at radius 2 is 1.91 bits per heavy atom. The third kappa shape index (κ3) is 5.03. The SMILES string of the molecule is COc1ccc(OC)c2sc(N(CCCN3CCOCC3)C(=O)c3cc(C)n(C(C)C)n3)nc12. The van der Waals surface area contributed by atoms with E-state index in [1.165, 1.54) is 11.3 Å². The van der Waals surface area contributed by atoms with Crippen molar-refractivity contribution in [2.24, 2.45) is 0 Å². The van der Waals surface area contributed by atoms with E-state index >= 15 is 0 Å². The van der Waals surface area contributed by atoms with Gasteiger partial charge in [-0.3, -0.25) is 19.3 Å². The highest BCUT2D eigenvalue weighted by molar-refractivity contribution is 7.22. The number of rotatable bonds is 9. The Morgan fingerprint density at radius 1 is 1.21 bits per heavy atom. The second-order valence-electron chi connectivity index (χ2n) is 8.62. The summed E-state index contributed by atoms with van der Waals surface area (Å²) in [6.07, 6.45) is 0.819. The van der Waals surface area contributed by atoms with Crippen LogP contribution in [0.1, 0.15) is 42.5 Å². The first-order valence-electron chi connectivity index (χ1n) is 11.6. The van der Waals surface area contributed by atoms with Gasteiger partial charge in [0.05, 0.1) is 27.4 Å². The van der Waals surface area contributed by atoms with E-state index in [4.69, 9.17) is 19.2 Å². The topological polar surface area (TPSA) is 82.0 Å². The van der Waals surface area contributed by atoms with Crippen molar-refractivity contribution in [2.45, 2.75) is 33.2 Å². The average Bonchev–Trinajstić information content (AvgIpc) is 3.45. The summed E-state index contributed by atoms with van der Waals surface area (Å²) < 4.78 is 19.3. The molecule has 1 saturated heterocycles. The fourth-order valence-electron chi connectivity index (χ4n) is 4.20. The molecule has 34 heavy (non-hydrogen) atoms. The van der Waals surface area contributed by atoms with Crippen molar-refractivity contribution >= 4 is 32.6 Å². The lowest BCUT2D eigenvalue weighted by Gasteiger charge is -2.27. The highest BCUT2D eigenvalue weighted by Gasteiger charge is 2.26. The van der Waals surface area contributed by atoms with Crippen LogP contribution in [0.15, 0.2) is 18.2 Å². The molecule has 0 saturated carbocycles. The number of hydrogen-bond donors (Lipinski definition) is 0. The van der Waals surface area contributed by atoms with E-state index in [1.54, 1.807) is 19.1 Å². The van der Waals surface area contributed by atoms with Gasteiger partial charge in [-0.1, -0.05) is 11.3 Å². The molecule has 3 aromatic rings. The largest absolute Gasteiger partial charge is 0.495 e. The van der Waals surface area contributed by atoms with E-state index < -0.39 is 0 Å². The number of benzene rings is 1. The Labute approximate surface area is 204 Å². The van der Waals surface area contributed by atoms with Gasteiger partial charge in [0.25, 0.3) is 5.91 Å². The highest BCUT2D eigenvalue weighted by atomic mass is 32.1. The van der Waals surface area contributed by atoms with Gasteiger partial charge in [0.2, 0.25) is 0 Å². The van der Waals surface area contributed by atoms with Crippen LogP contribution in [0.2, 0.25) is 0 Å². The third-order valence-electron chi connectivity index (χ3n) is 5.97. The fourth-order valence-corrected chi connectivity index (χ4v) is 5.30. The lowest BCUT2D eigenvalue weighted by atomic mass is 10.3. The molecule has 0 N–H and O–H groups in total. The monoisotopic (exact) mass is 487 g/mol. The lowest BCUT2D eigenvalue weighted by molar-refractivity contribution is 0.0376. The maximum absolute atomic E-state index is 13.7. The van der Waals surface area contributed by atoms with Crippen LogP contribution < -0.4 is 14.4 Å². The molecule has 1 amide bonds. The quantitative estimate of drug-likeness (QED) is 0.454. The van der Waals surface area contributed by atoms with Crippen LogP contribution in [0.4, 0.5) is 5.13 Å². The Bertz CT molecular complexity index is 1100. The van der Waals surface area contributed by atoms with Gasteiger partial charge in [0.15, 0.2) is 10.8 Å². The lowest BCUT2D eigenvalue weighted by Crippen LogP contribution is -2.39. The Morgan fingerprint density at radius 3 is 2.56 bits per heavy atom. The van der Waals surface area contributed by atoms with Crippen molar-refractivity contribution in [3.8, 4) is 11.5 Å². The molecule has 0 radical (unpaired) electrons. The second kappa shape index (κ2) is 10.7. The molecule has 3 heterocycles. The van der Waals surface area contributed by atoms with Crippen LogP contribution >= 0.6 is 11.3 Å². The van der Waals surface area contributed by atoms with E-state index in [0.29, 0.717) is 34.4 Å². The molecule has 1 fully saturated rings. The number of carbonyl (C=O) groups excluding carboxylic acids is 1. The number of morpholine rings is 1. The van der Waals surface area contributed by atoms with E-state index in [0.717, 1.165) is 49.7 Å². The standard InChI is InChI=1S/C24H33N5O4S/c1-16(2)29-17(3)15-18(26-29)23(30)28(10-6-9-27-11-13-33-14-12-27)24-25-21-19(31-4)7-8-20(32-5)22(21)34-24/h7-8,15-16H,6,9-14H2,1-5H3. The molecule has 1 aliphatic rings. The summed E-state index contributed by atoms with van der Waals surface area (Å²) in [6.45, 7) is 10.9. The van der Waals surface area contributed by atoms with Gasteiger partial charge in [-0.2, -0.15) is 5.10 Å². The predicted molar refractivity (Wildman–Crippen MR) is 134 cm³/mol. The van der Waals surface area contributed by atoms with Crippen molar-refractivity contribution in [1.82, 2.24) is 19.7 Å². The smallest absolute Gasteiger partial charge is 0.280 e. The van der Waals surface area contributed by atoms with Gasteiger partial charge in [0.1, 0.15) is 21.7 Å². The molecular formula is C24H33N5O4S. The van der Waals surface area contributed by atoms with Crippen LogP contribution in [0.3, 0.4) is 0 Å². The van der Waals surface area contributed by atoms with E-state index in [2.05, 4.69) is 23.8 Å². The van der Waals surface area contributed by atoms with Crippen LogP contribution in [0.25, 0.3) is 10.2 Å². The molecule has 0 bridgehead atoms. The van der Waals surface area contributed by atoms with Gasteiger partial charge in [0, 0.05) is 37.9 Å². The van der Waals surface area contributed by atoms with Crippen LogP contribution in [0, 0.1) is 6.92 Å². The summed E-state index contributed by atoms with van der Waals surface area (Å²) in [4.78, 5) is 22.7. The van der Waals surface area contributed by atoms with Crippen molar-refractivity contribution in [3.63, 3.8) is 0 Å². The zero-order chi connectivity index (χ0) is 24.2. The van der Waals surface area contributed by atoms with Gasteiger partial charge >= 0.3 is 0 Å². The molecule has 0 unspecified atom stereocenters. The first kappa shape index (κ1) is 24.4. The summed E-state index contributed by atoms with van der Waals surface area (Å²) in [5.41, 5.74) is 2.08. The molecule has 9 nitrogen and oxygen atoms in total. The number of anilines is 1. The molecular weight excluding hydrogens is 454 g/mol. The summed E-state index contributed by atoms with van der Waals surface area (Å²) in [6, 6.07) is 5.73. The molecule has 0 aliphatic carbocycles. The van der Waals surface area contributed by atoms with Gasteiger partial charge in [-0.25, -0.2) is 4.98 Å². The minimum Gasteiger partial charge on any atom is -0.495 e. The van der Waals surface area contributed by atoms with E-state index in [9.17, 15) is 4.79 Å². The minimum absolute atomic E-state index is 0.151. The summed E-state index contributed by atoms with van der Waals surface area (Å²) >= 11 is 1.43. The maximum Gasteiger partial charge on any atom is 0.280 e. The number of nitrogens with zero attached hydrogens (tertiary/aromatic N) is 5. The number of hydrogen-bond acceptors (Lipinski definition) is 8.